The second-order valence-electron chi connectivity index (χ2n) is 4.08. The van der Waals surface area contributed by atoms with Crippen LogP contribution in [0.5, 0.6) is 0 Å². The number of likely N-dealkylation sites (tertiary alicyclic amines) is 1. The molecule has 1 aliphatic rings. The molecule has 1 heteroatoms. The third-order valence-corrected chi connectivity index (χ3v) is 2.81. The molecule has 0 radical (unpaired) electrons. The average Bonchev–Trinajstić information content (AvgIpc) is 2.35. The lowest BCUT2D eigenvalue weighted by Crippen LogP contribution is -2.27. The molecule has 0 aromatic heterocycles. The Hall–Kier alpha value is -1.42. The van der Waals surface area contributed by atoms with E-state index in [1.807, 2.05) is 12.2 Å². The number of hydrogen-bond acceptors (Lipinski definition) is 1. The molecule has 0 unspecified atom stereocenters. The molecular weight excluding hydrogens is 194 g/mol. The summed E-state index contributed by atoms with van der Waals surface area (Å²) in [6.07, 6.45) is 16.4. The van der Waals surface area contributed by atoms with Gasteiger partial charge in [0, 0.05) is 24.4 Å². The van der Waals surface area contributed by atoms with Crippen molar-refractivity contribution < 1.29 is 0 Å². The van der Waals surface area contributed by atoms with Crippen LogP contribution in [0.3, 0.4) is 0 Å². The normalized spacial score (nSPS) is 17.5. The molecule has 1 heterocycles. The highest BCUT2D eigenvalue weighted by Crippen LogP contribution is 2.14. The zero-order valence-electron chi connectivity index (χ0n) is 10.2. The van der Waals surface area contributed by atoms with Gasteiger partial charge in [0.1, 0.15) is 0 Å². The molecule has 0 saturated carbocycles. The van der Waals surface area contributed by atoms with Crippen LogP contribution in [-0.2, 0) is 0 Å². The van der Waals surface area contributed by atoms with Crippen LogP contribution < -0.4 is 0 Å². The van der Waals surface area contributed by atoms with Gasteiger partial charge < -0.3 is 4.90 Å². The van der Waals surface area contributed by atoms with E-state index in [9.17, 15) is 0 Å². The average molecular weight is 215 g/mol. The number of allylic oxidation sites excluding steroid dienone is 4. The van der Waals surface area contributed by atoms with Gasteiger partial charge in [-0.3, -0.25) is 0 Å². The maximum absolute atomic E-state index is 5.41. The number of hydrogen-bond donors (Lipinski definition) is 0. The summed E-state index contributed by atoms with van der Waals surface area (Å²) in [4.78, 5) is 2.33. The van der Waals surface area contributed by atoms with Crippen molar-refractivity contribution in [3.63, 3.8) is 0 Å². The van der Waals surface area contributed by atoms with E-state index in [2.05, 4.69) is 30.4 Å². The largest absolute Gasteiger partial charge is 0.372 e. The molecule has 1 saturated heterocycles. The Kier molecular flexibility index (Phi) is 5.50. The van der Waals surface area contributed by atoms with Crippen LogP contribution >= 0.6 is 0 Å². The molecule has 86 valence electrons. The van der Waals surface area contributed by atoms with E-state index in [1.165, 1.54) is 19.3 Å². The molecule has 1 aliphatic heterocycles. The third kappa shape index (κ3) is 3.98. The zero-order chi connectivity index (χ0) is 11.8. The van der Waals surface area contributed by atoms with Gasteiger partial charge in [0.05, 0.1) is 0 Å². The molecule has 0 bridgehead atoms. The molecule has 1 fully saturated rings. The summed E-state index contributed by atoms with van der Waals surface area (Å²) < 4.78 is 0. The van der Waals surface area contributed by atoms with Crippen LogP contribution in [0.4, 0.5) is 0 Å². The van der Waals surface area contributed by atoms with Gasteiger partial charge in [0.2, 0.25) is 0 Å². The van der Waals surface area contributed by atoms with Gasteiger partial charge >= 0.3 is 0 Å². The highest BCUT2D eigenvalue weighted by molar-refractivity contribution is 5.38. The first-order valence-electron chi connectivity index (χ1n) is 6.06. The van der Waals surface area contributed by atoms with Crippen LogP contribution in [-0.4, -0.2) is 18.0 Å². The number of piperidine rings is 1. The van der Waals surface area contributed by atoms with Crippen LogP contribution in [0.1, 0.15) is 32.6 Å². The van der Waals surface area contributed by atoms with Crippen molar-refractivity contribution in [2.45, 2.75) is 32.6 Å². The zero-order valence-corrected chi connectivity index (χ0v) is 10.2. The summed E-state index contributed by atoms with van der Waals surface area (Å²) in [5, 5.41) is 0. The molecule has 0 N–H and O–H groups in total. The summed E-state index contributed by atoms with van der Waals surface area (Å²) in [6, 6.07) is 0. The maximum atomic E-state index is 5.41. The first kappa shape index (κ1) is 12.6. The van der Waals surface area contributed by atoms with E-state index in [4.69, 9.17) is 6.42 Å². The smallest absolute Gasteiger partial charge is 0.0293 e. The molecule has 0 aromatic rings. The Morgan fingerprint density at radius 3 is 2.56 bits per heavy atom. The molecule has 0 aromatic carbocycles. The fourth-order valence-electron chi connectivity index (χ4n) is 1.87. The third-order valence-electron chi connectivity index (χ3n) is 2.81. The lowest BCUT2D eigenvalue weighted by molar-refractivity contribution is 0.294. The molecule has 0 atom stereocenters. The summed E-state index contributed by atoms with van der Waals surface area (Å²) in [7, 11) is 0. The first-order chi connectivity index (χ1) is 7.77. The van der Waals surface area contributed by atoms with Gasteiger partial charge in [-0.15, -0.1) is 6.42 Å². The van der Waals surface area contributed by atoms with Gasteiger partial charge in [-0.05, 0) is 37.8 Å². The molecule has 0 amide bonds. The molecule has 16 heavy (non-hydrogen) atoms. The minimum Gasteiger partial charge on any atom is -0.372 e. The summed E-state index contributed by atoms with van der Waals surface area (Å²) in [5.74, 6) is 2.68. The molecule has 0 spiro atoms. The fraction of sp³-hybridized carbons (Fsp3) is 0.467. The predicted octanol–water partition coefficient (Wildman–Crippen LogP) is 3.51. The minimum absolute atomic E-state index is 0.945. The standard InChI is InChI=1S/C15H21N/c1-4-9-15(5-2)11-10-14(3)16-12-7-6-8-13-16/h2,9-11H,3-4,6-8,12-13H2,1H3/b11-10-,15-9-. The Labute approximate surface area is 99.5 Å². The van der Waals surface area contributed by atoms with Gasteiger partial charge in [-0.25, -0.2) is 0 Å². The van der Waals surface area contributed by atoms with Crippen molar-refractivity contribution >= 4 is 0 Å². The van der Waals surface area contributed by atoms with E-state index in [1.54, 1.807) is 0 Å². The molecular formula is C15H21N. The van der Waals surface area contributed by atoms with E-state index in [0.717, 1.165) is 30.8 Å². The first-order valence-corrected chi connectivity index (χ1v) is 6.06. The van der Waals surface area contributed by atoms with Crippen molar-refractivity contribution in [2.24, 2.45) is 0 Å². The van der Waals surface area contributed by atoms with Gasteiger partial charge in [0.25, 0.3) is 0 Å². The molecule has 1 rings (SSSR count). The van der Waals surface area contributed by atoms with Crippen LogP contribution in [0.15, 0.2) is 36.1 Å². The van der Waals surface area contributed by atoms with E-state index in [-0.39, 0.29) is 0 Å². The summed E-state index contributed by atoms with van der Waals surface area (Å²) >= 11 is 0. The lowest BCUT2D eigenvalue weighted by atomic mass is 10.1. The van der Waals surface area contributed by atoms with Crippen molar-refractivity contribution in [3.8, 4) is 12.3 Å². The van der Waals surface area contributed by atoms with Gasteiger partial charge in [0.15, 0.2) is 0 Å². The van der Waals surface area contributed by atoms with Gasteiger partial charge in [-0.2, -0.15) is 0 Å². The second-order valence-corrected chi connectivity index (χ2v) is 4.08. The quantitative estimate of drug-likeness (QED) is 0.512. The topological polar surface area (TPSA) is 3.24 Å². The van der Waals surface area contributed by atoms with Crippen molar-refractivity contribution in [1.82, 2.24) is 4.90 Å². The SMILES string of the molecule is C#CC(/C=C\C(=C)N1CCCCC1)=C/CC. The Morgan fingerprint density at radius 1 is 1.31 bits per heavy atom. The number of terminal acetylenes is 1. The van der Waals surface area contributed by atoms with E-state index >= 15 is 0 Å². The van der Waals surface area contributed by atoms with Crippen LogP contribution in [0, 0.1) is 12.3 Å². The van der Waals surface area contributed by atoms with Crippen LogP contribution in [0.2, 0.25) is 0 Å². The number of rotatable bonds is 4. The fourth-order valence-corrected chi connectivity index (χ4v) is 1.87. The van der Waals surface area contributed by atoms with E-state index in [0.29, 0.717) is 0 Å². The van der Waals surface area contributed by atoms with Crippen molar-refractivity contribution in [3.05, 3.63) is 36.1 Å². The molecule has 0 aliphatic carbocycles. The minimum atomic E-state index is 0.945. The highest BCUT2D eigenvalue weighted by atomic mass is 15.1. The highest BCUT2D eigenvalue weighted by Gasteiger charge is 2.09. The predicted molar refractivity (Wildman–Crippen MR) is 70.9 cm³/mol. The molecule has 1 nitrogen and oxygen atoms in total. The maximum Gasteiger partial charge on any atom is 0.0293 e. The Bertz CT molecular complexity index is 322. The Balaban J connectivity index is 2.52. The monoisotopic (exact) mass is 215 g/mol. The van der Waals surface area contributed by atoms with Crippen LogP contribution in [0.25, 0.3) is 0 Å². The lowest BCUT2D eigenvalue weighted by Gasteiger charge is -2.28. The van der Waals surface area contributed by atoms with Crippen molar-refractivity contribution in [2.75, 3.05) is 13.1 Å². The Morgan fingerprint density at radius 2 is 2.00 bits per heavy atom. The van der Waals surface area contributed by atoms with Gasteiger partial charge in [-0.1, -0.05) is 25.5 Å². The van der Waals surface area contributed by atoms with Crippen molar-refractivity contribution in [1.29, 1.82) is 0 Å². The number of nitrogens with zero attached hydrogens (tertiary/aromatic N) is 1. The summed E-state index contributed by atoms with van der Waals surface area (Å²) in [6.45, 7) is 8.44. The van der Waals surface area contributed by atoms with E-state index < -0.39 is 0 Å². The second kappa shape index (κ2) is 6.95. The summed E-state index contributed by atoms with van der Waals surface area (Å²) in [5.41, 5.74) is 2.03.